The second kappa shape index (κ2) is 5.66. The van der Waals surface area contributed by atoms with Crippen molar-refractivity contribution in [3.05, 3.63) is 16.9 Å². The van der Waals surface area contributed by atoms with Crippen LogP contribution in [0.2, 0.25) is 5.15 Å². The Morgan fingerprint density at radius 2 is 2.27 bits per heavy atom. The van der Waals surface area contributed by atoms with E-state index in [0.717, 1.165) is 18.5 Å². The van der Waals surface area contributed by atoms with Crippen LogP contribution in [0, 0.1) is 6.92 Å². The summed E-state index contributed by atoms with van der Waals surface area (Å²) in [5, 5.41) is 2.95. The zero-order valence-corrected chi connectivity index (χ0v) is 9.64. The Morgan fingerprint density at radius 3 is 2.87 bits per heavy atom. The lowest BCUT2D eigenvalue weighted by atomic mass is 10.2. The molecule has 0 aromatic carbocycles. The van der Waals surface area contributed by atoms with Gasteiger partial charge in [-0.25, -0.2) is 9.97 Å². The molecule has 0 unspecified atom stereocenters. The summed E-state index contributed by atoms with van der Waals surface area (Å²) in [4.78, 5) is 19.3. The number of amides is 1. The average Bonchev–Trinajstić information content (AvgIpc) is 2.13. The highest BCUT2D eigenvalue weighted by Crippen LogP contribution is 2.10. The Hall–Kier alpha value is -1.16. The fraction of sp³-hybridized carbons (Fsp3) is 0.500. The number of hydrogen-bond donors (Lipinski definition) is 1. The first kappa shape index (κ1) is 11.9. The zero-order chi connectivity index (χ0) is 11.3. The number of nitrogens with zero attached hydrogens (tertiary/aromatic N) is 2. The van der Waals surface area contributed by atoms with Crippen LogP contribution in [0.25, 0.3) is 0 Å². The Labute approximate surface area is 94.1 Å². The summed E-state index contributed by atoms with van der Waals surface area (Å²) in [5.41, 5.74) is 0.737. The molecule has 0 saturated carbocycles. The molecule has 1 aromatic heterocycles. The van der Waals surface area contributed by atoms with Crippen LogP contribution < -0.4 is 5.32 Å². The number of rotatable bonds is 4. The number of hydrogen-bond acceptors (Lipinski definition) is 3. The molecule has 0 bridgehead atoms. The molecule has 1 N–H and O–H groups in total. The second-order valence-corrected chi connectivity index (χ2v) is 3.69. The van der Waals surface area contributed by atoms with Gasteiger partial charge < -0.3 is 0 Å². The molecule has 0 aliphatic heterocycles. The van der Waals surface area contributed by atoms with E-state index in [9.17, 15) is 4.79 Å². The second-order valence-electron chi connectivity index (χ2n) is 3.31. The summed E-state index contributed by atoms with van der Waals surface area (Å²) in [6.45, 7) is 3.84. The lowest BCUT2D eigenvalue weighted by molar-refractivity contribution is -0.116. The van der Waals surface area contributed by atoms with E-state index < -0.39 is 0 Å². The first-order valence-electron chi connectivity index (χ1n) is 4.93. The van der Waals surface area contributed by atoms with E-state index in [1.54, 1.807) is 13.0 Å². The molecule has 0 fully saturated rings. The van der Waals surface area contributed by atoms with Crippen molar-refractivity contribution in [3.63, 3.8) is 0 Å². The highest BCUT2D eigenvalue weighted by molar-refractivity contribution is 6.29. The summed E-state index contributed by atoms with van der Waals surface area (Å²) in [7, 11) is 0. The van der Waals surface area contributed by atoms with Crippen LogP contribution in [0.3, 0.4) is 0 Å². The van der Waals surface area contributed by atoms with Gasteiger partial charge in [0.15, 0.2) is 0 Å². The third kappa shape index (κ3) is 4.25. The first-order valence-corrected chi connectivity index (χ1v) is 5.30. The SMILES string of the molecule is CCCCC(=O)Nc1nc(C)cc(Cl)n1. The molecule has 0 aliphatic rings. The third-order valence-corrected chi connectivity index (χ3v) is 2.03. The van der Waals surface area contributed by atoms with Crippen molar-refractivity contribution in [3.8, 4) is 0 Å². The topological polar surface area (TPSA) is 54.9 Å². The molecule has 5 heteroatoms. The molecule has 1 amide bonds. The van der Waals surface area contributed by atoms with Crippen molar-refractivity contribution in [1.82, 2.24) is 9.97 Å². The van der Waals surface area contributed by atoms with Gasteiger partial charge in [-0.05, 0) is 19.4 Å². The van der Waals surface area contributed by atoms with E-state index in [-0.39, 0.29) is 11.9 Å². The van der Waals surface area contributed by atoms with Gasteiger partial charge in [0.25, 0.3) is 0 Å². The number of anilines is 1. The number of nitrogens with one attached hydrogen (secondary N) is 1. The Bertz CT molecular complexity index is 334. The molecule has 4 nitrogen and oxygen atoms in total. The number of unbranched alkanes of at least 4 members (excludes halogenated alkanes) is 1. The van der Waals surface area contributed by atoms with Crippen molar-refractivity contribution in [1.29, 1.82) is 0 Å². The fourth-order valence-corrected chi connectivity index (χ4v) is 1.35. The molecular formula is C10H14ClN3O. The molecular weight excluding hydrogens is 214 g/mol. The lowest BCUT2D eigenvalue weighted by Crippen LogP contribution is -2.13. The van der Waals surface area contributed by atoms with Gasteiger partial charge in [-0.2, -0.15) is 0 Å². The molecule has 0 spiro atoms. The number of halogens is 1. The van der Waals surface area contributed by atoms with Gasteiger partial charge in [-0.15, -0.1) is 0 Å². The van der Waals surface area contributed by atoms with Gasteiger partial charge >= 0.3 is 0 Å². The van der Waals surface area contributed by atoms with Gasteiger partial charge in [0.2, 0.25) is 11.9 Å². The van der Waals surface area contributed by atoms with Crippen LogP contribution in [0.5, 0.6) is 0 Å². The first-order chi connectivity index (χ1) is 7.11. The predicted molar refractivity (Wildman–Crippen MR) is 59.9 cm³/mol. The van der Waals surface area contributed by atoms with Gasteiger partial charge in [0.05, 0.1) is 0 Å². The minimum atomic E-state index is -0.0708. The average molecular weight is 228 g/mol. The van der Waals surface area contributed by atoms with Gasteiger partial charge in [-0.1, -0.05) is 24.9 Å². The molecule has 1 aromatic rings. The van der Waals surface area contributed by atoms with E-state index in [2.05, 4.69) is 15.3 Å². The van der Waals surface area contributed by atoms with E-state index in [4.69, 9.17) is 11.6 Å². The monoisotopic (exact) mass is 227 g/mol. The normalized spacial score (nSPS) is 10.1. The van der Waals surface area contributed by atoms with E-state index in [0.29, 0.717) is 11.6 Å². The minimum Gasteiger partial charge on any atom is -0.294 e. The number of carbonyl (C=O) groups excluding carboxylic acids is 1. The zero-order valence-electron chi connectivity index (χ0n) is 8.88. The quantitative estimate of drug-likeness (QED) is 0.805. The molecule has 1 heterocycles. The van der Waals surface area contributed by atoms with E-state index in [1.165, 1.54) is 0 Å². The third-order valence-electron chi connectivity index (χ3n) is 1.83. The smallest absolute Gasteiger partial charge is 0.231 e. The van der Waals surface area contributed by atoms with Crippen LogP contribution in [0.1, 0.15) is 31.9 Å². The predicted octanol–water partition coefficient (Wildman–Crippen LogP) is 2.57. The number of carbonyl (C=O) groups is 1. The highest BCUT2D eigenvalue weighted by atomic mass is 35.5. The van der Waals surface area contributed by atoms with Crippen molar-refractivity contribution in [2.75, 3.05) is 5.32 Å². The van der Waals surface area contributed by atoms with Crippen molar-refractivity contribution < 1.29 is 4.79 Å². The Balaban J connectivity index is 2.60. The summed E-state index contributed by atoms with van der Waals surface area (Å²) in [6, 6.07) is 1.64. The highest BCUT2D eigenvalue weighted by Gasteiger charge is 2.05. The summed E-state index contributed by atoms with van der Waals surface area (Å²) < 4.78 is 0. The molecule has 82 valence electrons. The standard InChI is InChI=1S/C10H14ClN3O/c1-3-4-5-9(15)14-10-12-7(2)6-8(11)13-10/h6H,3-5H2,1-2H3,(H,12,13,14,15). The molecule has 0 radical (unpaired) electrons. The van der Waals surface area contributed by atoms with Crippen LogP contribution in [0.15, 0.2) is 6.07 Å². The minimum absolute atomic E-state index is 0.0708. The molecule has 1 rings (SSSR count). The van der Waals surface area contributed by atoms with Crippen LogP contribution in [-0.2, 0) is 4.79 Å². The molecule has 0 saturated heterocycles. The Kier molecular flexibility index (Phi) is 4.49. The van der Waals surface area contributed by atoms with Crippen LogP contribution in [0.4, 0.5) is 5.95 Å². The molecule has 15 heavy (non-hydrogen) atoms. The maximum atomic E-state index is 11.4. The summed E-state index contributed by atoms with van der Waals surface area (Å²) >= 11 is 5.74. The van der Waals surface area contributed by atoms with Gasteiger partial charge in [0.1, 0.15) is 5.15 Å². The van der Waals surface area contributed by atoms with E-state index >= 15 is 0 Å². The fourth-order valence-electron chi connectivity index (χ4n) is 1.11. The maximum Gasteiger partial charge on any atom is 0.231 e. The van der Waals surface area contributed by atoms with Crippen molar-refractivity contribution in [2.24, 2.45) is 0 Å². The summed E-state index contributed by atoms with van der Waals surface area (Å²) in [6.07, 6.45) is 2.35. The summed E-state index contributed by atoms with van der Waals surface area (Å²) in [5.74, 6) is 0.208. The molecule has 0 aliphatic carbocycles. The van der Waals surface area contributed by atoms with Crippen molar-refractivity contribution in [2.45, 2.75) is 33.1 Å². The van der Waals surface area contributed by atoms with Gasteiger partial charge in [-0.3, -0.25) is 10.1 Å². The largest absolute Gasteiger partial charge is 0.294 e. The number of aryl methyl sites for hydroxylation is 1. The molecule has 0 atom stereocenters. The van der Waals surface area contributed by atoms with Crippen LogP contribution >= 0.6 is 11.6 Å². The lowest BCUT2D eigenvalue weighted by Gasteiger charge is -2.03. The van der Waals surface area contributed by atoms with Crippen molar-refractivity contribution >= 4 is 23.5 Å². The maximum absolute atomic E-state index is 11.4. The van der Waals surface area contributed by atoms with E-state index in [1.807, 2.05) is 6.92 Å². The number of aromatic nitrogens is 2. The van der Waals surface area contributed by atoms with Crippen LogP contribution in [-0.4, -0.2) is 15.9 Å². The Morgan fingerprint density at radius 1 is 1.53 bits per heavy atom. The van der Waals surface area contributed by atoms with Gasteiger partial charge in [0, 0.05) is 12.1 Å².